The first-order chi connectivity index (χ1) is 8.19. The molecule has 0 radical (unpaired) electrons. The van der Waals surface area contributed by atoms with E-state index in [1.54, 1.807) is 18.6 Å². The van der Waals surface area contributed by atoms with Gasteiger partial charge in [0.2, 0.25) is 0 Å². The second-order valence-electron chi connectivity index (χ2n) is 3.58. The molecule has 88 valence electrons. The average Bonchev–Trinajstić information content (AvgIpc) is 2.29. The molecule has 0 aliphatic carbocycles. The summed E-state index contributed by atoms with van der Waals surface area (Å²) >= 11 is 3.35. The number of pyridine rings is 2. The highest BCUT2D eigenvalue weighted by Crippen LogP contribution is 2.26. The number of hydrogen-bond donors (Lipinski definition) is 1. The molecular weight excluding hydrogens is 282 g/mol. The van der Waals surface area contributed by atoms with Crippen molar-refractivity contribution in [1.29, 1.82) is 0 Å². The van der Waals surface area contributed by atoms with Gasteiger partial charge in [-0.2, -0.15) is 0 Å². The molecule has 0 saturated carbocycles. The Labute approximate surface area is 108 Å². The van der Waals surface area contributed by atoms with Crippen molar-refractivity contribution < 1.29 is 4.74 Å². The Morgan fingerprint density at radius 2 is 2.12 bits per heavy atom. The molecule has 2 N–H and O–H groups in total. The van der Waals surface area contributed by atoms with E-state index in [1.165, 1.54) is 0 Å². The quantitative estimate of drug-likeness (QED) is 0.945. The maximum absolute atomic E-state index is 5.75. The molecule has 0 aliphatic rings. The van der Waals surface area contributed by atoms with Gasteiger partial charge in [-0.1, -0.05) is 0 Å². The van der Waals surface area contributed by atoms with Gasteiger partial charge >= 0.3 is 0 Å². The predicted octanol–water partition coefficient (Wildman–Crippen LogP) is 2.80. The number of ether oxygens (including phenoxy) is 1. The summed E-state index contributed by atoms with van der Waals surface area (Å²) in [5.41, 5.74) is 7.40. The van der Waals surface area contributed by atoms with E-state index >= 15 is 0 Å². The highest BCUT2D eigenvalue weighted by molar-refractivity contribution is 9.10. The molecule has 2 aromatic heterocycles. The Hall–Kier alpha value is -1.46. The second kappa shape index (κ2) is 5.25. The minimum absolute atomic E-state index is 0.393. The number of hydrogen-bond acceptors (Lipinski definition) is 4. The zero-order valence-electron chi connectivity index (χ0n) is 9.35. The molecule has 0 unspecified atom stereocenters. The van der Waals surface area contributed by atoms with E-state index in [2.05, 4.69) is 25.9 Å². The van der Waals surface area contributed by atoms with Crippen LogP contribution in [0.2, 0.25) is 0 Å². The van der Waals surface area contributed by atoms with Crippen molar-refractivity contribution in [3.8, 4) is 11.5 Å². The first-order valence-electron chi connectivity index (χ1n) is 5.13. The van der Waals surface area contributed by atoms with E-state index in [9.17, 15) is 0 Å². The zero-order chi connectivity index (χ0) is 12.3. The first kappa shape index (κ1) is 12.0. The van der Waals surface area contributed by atoms with Gasteiger partial charge < -0.3 is 10.5 Å². The van der Waals surface area contributed by atoms with Crippen molar-refractivity contribution in [2.24, 2.45) is 5.73 Å². The molecule has 2 aromatic rings. The van der Waals surface area contributed by atoms with Crippen LogP contribution in [0.3, 0.4) is 0 Å². The van der Waals surface area contributed by atoms with E-state index in [0.717, 1.165) is 21.5 Å². The number of halogens is 1. The van der Waals surface area contributed by atoms with Crippen LogP contribution >= 0.6 is 15.9 Å². The molecule has 5 heteroatoms. The lowest BCUT2D eigenvalue weighted by atomic mass is 10.2. The van der Waals surface area contributed by atoms with E-state index in [1.807, 2.05) is 19.1 Å². The lowest BCUT2D eigenvalue weighted by Crippen LogP contribution is -2.01. The van der Waals surface area contributed by atoms with Gasteiger partial charge in [0.25, 0.3) is 0 Å². The van der Waals surface area contributed by atoms with Crippen molar-refractivity contribution in [1.82, 2.24) is 9.97 Å². The molecule has 2 rings (SSSR count). The fraction of sp³-hybridized carbons (Fsp3) is 0.167. The van der Waals surface area contributed by atoms with Crippen LogP contribution in [0.5, 0.6) is 11.5 Å². The van der Waals surface area contributed by atoms with Crippen LogP contribution in [0.25, 0.3) is 0 Å². The molecular formula is C12H12BrN3O. The number of nitrogens with two attached hydrogens (primary N) is 1. The molecule has 0 amide bonds. The summed E-state index contributed by atoms with van der Waals surface area (Å²) in [5, 5.41) is 0. The summed E-state index contributed by atoms with van der Waals surface area (Å²) in [4.78, 5) is 8.22. The Morgan fingerprint density at radius 3 is 2.82 bits per heavy atom. The smallest absolute Gasteiger partial charge is 0.146 e. The van der Waals surface area contributed by atoms with Gasteiger partial charge in [0.1, 0.15) is 11.5 Å². The van der Waals surface area contributed by atoms with Crippen LogP contribution in [0, 0.1) is 6.92 Å². The zero-order valence-corrected chi connectivity index (χ0v) is 10.9. The normalized spacial score (nSPS) is 10.3. The third-order valence-electron chi connectivity index (χ3n) is 2.21. The SMILES string of the molecule is Cc1cc(Oc2cncc(Br)c2)c(CN)cn1. The average molecular weight is 294 g/mol. The van der Waals surface area contributed by atoms with Crippen molar-refractivity contribution in [3.05, 3.63) is 46.5 Å². The minimum Gasteiger partial charge on any atom is -0.455 e. The molecule has 0 aliphatic heterocycles. The largest absolute Gasteiger partial charge is 0.455 e. The number of aromatic nitrogens is 2. The van der Waals surface area contributed by atoms with Crippen molar-refractivity contribution >= 4 is 15.9 Å². The molecule has 0 bridgehead atoms. The Kier molecular flexibility index (Phi) is 3.71. The van der Waals surface area contributed by atoms with Gasteiger partial charge in [-0.15, -0.1) is 0 Å². The molecule has 0 spiro atoms. The first-order valence-corrected chi connectivity index (χ1v) is 5.92. The van der Waals surface area contributed by atoms with Gasteiger partial charge in [-0.25, -0.2) is 0 Å². The third kappa shape index (κ3) is 3.01. The molecule has 0 saturated heterocycles. The summed E-state index contributed by atoms with van der Waals surface area (Å²) in [6.07, 6.45) is 5.09. The van der Waals surface area contributed by atoms with Crippen molar-refractivity contribution in [2.45, 2.75) is 13.5 Å². The Bertz CT molecular complexity index is 531. The van der Waals surface area contributed by atoms with Gasteiger partial charge in [-0.05, 0) is 28.9 Å². The Morgan fingerprint density at radius 1 is 1.29 bits per heavy atom. The summed E-state index contributed by atoms with van der Waals surface area (Å²) in [6.45, 7) is 2.30. The topological polar surface area (TPSA) is 61.0 Å². The lowest BCUT2D eigenvalue weighted by Gasteiger charge is -2.10. The lowest BCUT2D eigenvalue weighted by molar-refractivity contribution is 0.472. The number of aryl methyl sites for hydroxylation is 1. The molecule has 4 nitrogen and oxygen atoms in total. The summed E-state index contributed by atoms with van der Waals surface area (Å²) in [5.74, 6) is 1.39. The Balaban J connectivity index is 2.32. The number of nitrogens with zero attached hydrogens (tertiary/aromatic N) is 2. The fourth-order valence-electron chi connectivity index (χ4n) is 1.39. The minimum atomic E-state index is 0.393. The molecule has 0 aromatic carbocycles. The van der Waals surface area contributed by atoms with Crippen LogP contribution in [-0.2, 0) is 6.54 Å². The highest BCUT2D eigenvalue weighted by Gasteiger charge is 2.05. The standard InChI is InChI=1S/C12H12BrN3O/c1-8-2-12(9(4-14)5-16-8)17-11-3-10(13)6-15-7-11/h2-3,5-7H,4,14H2,1H3. The molecule has 2 heterocycles. The van der Waals surface area contributed by atoms with Crippen LogP contribution in [-0.4, -0.2) is 9.97 Å². The molecule has 17 heavy (non-hydrogen) atoms. The second-order valence-corrected chi connectivity index (χ2v) is 4.49. The third-order valence-corrected chi connectivity index (χ3v) is 2.64. The van der Waals surface area contributed by atoms with Gasteiger partial charge in [-0.3, -0.25) is 9.97 Å². The summed E-state index contributed by atoms with van der Waals surface area (Å²) in [7, 11) is 0. The molecule has 0 fully saturated rings. The van der Waals surface area contributed by atoms with E-state index in [-0.39, 0.29) is 0 Å². The van der Waals surface area contributed by atoms with E-state index < -0.39 is 0 Å². The van der Waals surface area contributed by atoms with Crippen LogP contribution in [0.15, 0.2) is 35.2 Å². The van der Waals surface area contributed by atoms with E-state index in [4.69, 9.17) is 10.5 Å². The van der Waals surface area contributed by atoms with Crippen LogP contribution < -0.4 is 10.5 Å². The van der Waals surface area contributed by atoms with Crippen LogP contribution in [0.4, 0.5) is 0 Å². The van der Waals surface area contributed by atoms with Crippen molar-refractivity contribution in [3.63, 3.8) is 0 Å². The highest BCUT2D eigenvalue weighted by atomic mass is 79.9. The van der Waals surface area contributed by atoms with Gasteiger partial charge in [0.15, 0.2) is 0 Å². The van der Waals surface area contributed by atoms with Gasteiger partial charge in [0, 0.05) is 40.7 Å². The maximum Gasteiger partial charge on any atom is 0.146 e. The monoisotopic (exact) mass is 293 g/mol. The van der Waals surface area contributed by atoms with E-state index in [0.29, 0.717) is 12.3 Å². The maximum atomic E-state index is 5.75. The van der Waals surface area contributed by atoms with Crippen molar-refractivity contribution in [2.75, 3.05) is 0 Å². The molecule has 0 atom stereocenters. The fourth-order valence-corrected chi connectivity index (χ4v) is 1.73. The summed E-state index contributed by atoms with van der Waals surface area (Å²) < 4.78 is 6.62. The predicted molar refractivity (Wildman–Crippen MR) is 68.9 cm³/mol. The van der Waals surface area contributed by atoms with Crippen LogP contribution in [0.1, 0.15) is 11.3 Å². The summed E-state index contributed by atoms with van der Waals surface area (Å²) in [6, 6.07) is 3.71. The number of rotatable bonds is 3. The van der Waals surface area contributed by atoms with Gasteiger partial charge in [0.05, 0.1) is 6.20 Å².